The molecular weight excluding hydrogens is 356 g/mol. The number of aryl methyl sites for hydroxylation is 2. The Balaban J connectivity index is 1.93. The summed E-state index contributed by atoms with van der Waals surface area (Å²) in [6, 6.07) is 9.57. The third kappa shape index (κ3) is 7.13. The molecule has 1 N–H and O–H groups in total. The first-order valence-electron chi connectivity index (χ1n) is 9.41. The van der Waals surface area contributed by atoms with Crippen molar-refractivity contribution in [2.24, 2.45) is 5.10 Å². The van der Waals surface area contributed by atoms with E-state index in [0.29, 0.717) is 5.56 Å². The van der Waals surface area contributed by atoms with Gasteiger partial charge in [0.2, 0.25) is 0 Å². The number of nitrogens with zero attached hydrogens (tertiary/aromatic N) is 3. The van der Waals surface area contributed by atoms with E-state index >= 15 is 0 Å². The van der Waals surface area contributed by atoms with Crippen LogP contribution in [-0.2, 0) is 5.75 Å². The average molecular weight is 385 g/mol. The Bertz CT molecular complexity index is 759. The molecule has 0 saturated heterocycles. The number of hydrogen-bond acceptors (Lipinski definition) is 5. The maximum absolute atomic E-state index is 12.3. The topological polar surface area (TPSA) is 67.2 Å². The molecule has 144 valence electrons. The Morgan fingerprint density at radius 2 is 1.63 bits per heavy atom. The minimum atomic E-state index is -0.170. The fraction of sp³-hybridized carbons (Fsp3) is 0.429. The number of benzene rings is 1. The molecule has 0 spiro atoms. The van der Waals surface area contributed by atoms with Gasteiger partial charge in [0.1, 0.15) is 0 Å². The van der Waals surface area contributed by atoms with E-state index in [1.54, 1.807) is 11.8 Å². The molecule has 0 fully saturated rings. The van der Waals surface area contributed by atoms with Crippen LogP contribution in [0.2, 0.25) is 0 Å². The Labute approximate surface area is 166 Å². The van der Waals surface area contributed by atoms with Crippen molar-refractivity contribution in [2.75, 3.05) is 0 Å². The molecule has 5 nitrogen and oxygen atoms in total. The van der Waals surface area contributed by atoms with Gasteiger partial charge in [0.15, 0.2) is 5.16 Å². The fourth-order valence-electron chi connectivity index (χ4n) is 2.67. The first-order chi connectivity index (χ1) is 13.0. The third-order valence-electron chi connectivity index (χ3n) is 3.94. The summed E-state index contributed by atoms with van der Waals surface area (Å²) in [5.74, 6) is 0.594. The molecule has 1 aromatic heterocycles. The number of carbonyl (C=O) groups excluding carboxylic acids is 1. The van der Waals surface area contributed by atoms with Gasteiger partial charge in [-0.05, 0) is 50.5 Å². The van der Waals surface area contributed by atoms with Gasteiger partial charge in [0.25, 0.3) is 5.91 Å². The molecule has 0 unspecified atom stereocenters. The zero-order valence-electron chi connectivity index (χ0n) is 16.6. The van der Waals surface area contributed by atoms with Crippen LogP contribution in [0, 0.1) is 13.8 Å². The molecule has 0 aliphatic rings. The number of rotatable bonds is 9. The van der Waals surface area contributed by atoms with Crippen LogP contribution in [0.1, 0.15) is 66.8 Å². The lowest BCUT2D eigenvalue weighted by atomic mass is 10.1. The van der Waals surface area contributed by atoms with Crippen LogP contribution in [0.25, 0.3) is 0 Å². The molecule has 0 bridgehead atoms. The van der Waals surface area contributed by atoms with Crippen molar-refractivity contribution in [2.45, 2.75) is 64.3 Å². The van der Waals surface area contributed by atoms with Crippen LogP contribution >= 0.6 is 11.8 Å². The predicted molar refractivity (Wildman–Crippen MR) is 112 cm³/mol. The zero-order chi connectivity index (χ0) is 19.6. The Morgan fingerprint density at radius 1 is 1.04 bits per heavy atom. The second-order valence-electron chi connectivity index (χ2n) is 6.54. The first-order valence-corrected chi connectivity index (χ1v) is 10.4. The number of hydrazone groups is 1. The zero-order valence-corrected chi connectivity index (χ0v) is 17.4. The molecule has 1 heterocycles. The van der Waals surface area contributed by atoms with E-state index in [4.69, 9.17) is 0 Å². The SMILES string of the molecule is CCCC(CCC)=NNC(=O)c1ccc(CSc2nc(C)cc(C)n2)cc1. The minimum Gasteiger partial charge on any atom is -0.267 e. The van der Waals surface area contributed by atoms with E-state index in [9.17, 15) is 4.79 Å². The summed E-state index contributed by atoms with van der Waals surface area (Å²) in [5.41, 5.74) is 7.42. The van der Waals surface area contributed by atoms with E-state index in [2.05, 4.69) is 34.3 Å². The number of carbonyl (C=O) groups is 1. The number of aromatic nitrogens is 2. The number of amides is 1. The standard InChI is InChI=1S/C21H28N4OS/c1-5-7-19(8-6-2)24-25-20(26)18-11-9-17(10-12-18)14-27-21-22-15(3)13-16(4)23-21/h9-13H,5-8,14H2,1-4H3,(H,25,26). The molecule has 1 aromatic carbocycles. The van der Waals surface area contributed by atoms with E-state index < -0.39 is 0 Å². The molecule has 0 saturated carbocycles. The van der Waals surface area contributed by atoms with Gasteiger partial charge in [-0.15, -0.1) is 0 Å². The average Bonchev–Trinajstić information content (AvgIpc) is 2.64. The Kier molecular flexibility index (Phi) is 8.45. The lowest BCUT2D eigenvalue weighted by molar-refractivity contribution is 0.0954. The normalized spacial score (nSPS) is 10.5. The number of thioether (sulfide) groups is 1. The number of nitrogens with one attached hydrogen (secondary N) is 1. The van der Waals surface area contributed by atoms with Gasteiger partial charge in [-0.2, -0.15) is 5.10 Å². The summed E-state index contributed by atoms with van der Waals surface area (Å²) < 4.78 is 0. The van der Waals surface area contributed by atoms with Gasteiger partial charge in [0, 0.05) is 28.4 Å². The molecule has 0 atom stereocenters. The highest BCUT2D eigenvalue weighted by molar-refractivity contribution is 7.98. The smallest absolute Gasteiger partial charge is 0.267 e. The van der Waals surface area contributed by atoms with Crippen molar-refractivity contribution >= 4 is 23.4 Å². The predicted octanol–water partition coefficient (Wildman–Crippen LogP) is 5.07. The molecule has 0 aliphatic heterocycles. The quantitative estimate of drug-likeness (QED) is 0.284. The monoisotopic (exact) mass is 384 g/mol. The Hall–Kier alpha value is -2.21. The molecular formula is C21H28N4OS. The molecule has 6 heteroatoms. The summed E-state index contributed by atoms with van der Waals surface area (Å²) in [6.45, 7) is 8.18. The second-order valence-corrected chi connectivity index (χ2v) is 7.48. The van der Waals surface area contributed by atoms with Crippen molar-refractivity contribution in [1.29, 1.82) is 0 Å². The van der Waals surface area contributed by atoms with Gasteiger partial charge < -0.3 is 0 Å². The van der Waals surface area contributed by atoms with Crippen molar-refractivity contribution in [3.63, 3.8) is 0 Å². The molecule has 1 amide bonds. The lowest BCUT2D eigenvalue weighted by Gasteiger charge is -2.06. The number of hydrogen-bond donors (Lipinski definition) is 1. The van der Waals surface area contributed by atoms with Crippen LogP contribution in [0.15, 0.2) is 40.6 Å². The van der Waals surface area contributed by atoms with E-state index in [1.165, 1.54) is 0 Å². The maximum Gasteiger partial charge on any atom is 0.271 e. The van der Waals surface area contributed by atoms with Crippen molar-refractivity contribution < 1.29 is 4.79 Å². The van der Waals surface area contributed by atoms with Gasteiger partial charge in [-0.1, -0.05) is 50.6 Å². The van der Waals surface area contributed by atoms with Crippen molar-refractivity contribution in [3.05, 3.63) is 52.8 Å². The molecule has 2 aromatic rings. The summed E-state index contributed by atoms with van der Waals surface area (Å²) in [6.07, 6.45) is 3.91. The van der Waals surface area contributed by atoms with Crippen molar-refractivity contribution in [3.8, 4) is 0 Å². The summed E-state index contributed by atoms with van der Waals surface area (Å²) >= 11 is 1.60. The van der Waals surface area contributed by atoms with Gasteiger partial charge in [0.05, 0.1) is 0 Å². The highest BCUT2D eigenvalue weighted by Crippen LogP contribution is 2.20. The van der Waals surface area contributed by atoms with E-state index in [0.717, 1.165) is 59.3 Å². The van der Waals surface area contributed by atoms with Crippen LogP contribution in [0.3, 0.4) is 0 Å². The highest BCUT2D eigenvalue weighted by atomic mass is 32.2. The van der Waals surface area contributed by atoms with Crippen LogP contribution in [-0.4, -0.2) is 21.6 Å². The Morgan fingerprint density at radius 3 is 2.19 bits per heavy atom. The molecule has 0 radical (unpaired) electrons. The summed E-state index contributed by atoms with van der Waals surface area (Å²) in [5, 5.41) is 5.07. The summed E-state index contributed by atoms with van der Waals surface area (Å²) in [4.78, 5) is 21.2. The summed E-state index contributed by atoms with van der Waals surface area (Å²) in [7, 11) is 0. The lowest BCUT2D eigenvalue weighted by Crippen LogP contribution is -2.19. The first kappa shape index (κ1) is 21.1. The van der Waals surface area contributed by atoms with Gasteiger partial charge >= 0.3 is 0 Å². The maximum atomic E-state index is 12.3. The van der Waals surface area contributed by atoms with Crippen LogP contribution in [0.4, 0.5) is 0 Å². The van der Waals surface area contributed by atoms with Gasteiger partial charge in [-0.25, -0.2) is 15.4 Å². The van der Waals surface area contributed by atoms with E-state index in [-0.39, 0.29) is 5.91 Å². The van der Waals surface area contributed by atoms with Crippen LogP contribution in [0.5, 0.6) is 0 Å². The van der Waals surface area contributed by atoms with Crippen LogP contribution < -0.4 is 5.43 Å². The van der Waals surface area contributed by atoms with Gasteiger partial charge in [-0.3, -0.25) is 4.79 Å². The third-order valence-corrected chi connectivity index (χ3v) is 4.86. The molecule has 27 heavy (non-hydrogen) atoms. The van der Waals surface area contributed by atoms with Crippen molar-refractivity contribution in [1.82, 2.24) is 15.4 Å². The molecule has 0 aliphatic carbocycles. The second kappa shape index (κ2) is 10.8. The molecule has 2 rings (SSSR count). The van der Waals surface area contributed by atoms with E-state index in [1.807, 2.05) is 44.2 Å². The fourth-order valence-corrected chi connectivity index (χ4v) is 3.57. The minimum absolute atomic E-state index is 0.170. The highest BCUT2D eigenvalue weighted by Gasteiger charge is 2.07. The largest absolute Gasteiger partial charge is 0.271 e.